The Morgan fingerprint density at radius 1 is 1.10 bits per heavy atom. The lowest BCUT2D eigenvalue weighted by atomic mass is 10.1. The Bertz CT molecular complexity index is 1060. The second-order valence-corrected chi connectivity index (χ2v) is 6.51. The van der Waals surface area contributed by atoms with Gasteiger partial charge in [-0.15, -0.1) is 0 Å². The van der Waals surface area contributed by atoms with Crippen LogP contribution in [0.4, 0.5) is 16.0 Å². The number of amides is 1. The molecule has 0 radical (unpaired) electrons. The zero-order chi connectivity index (χ0) is 20.2. The highest BCUT2D eigenvalue weighted by molar-refractivity contribution is 6.03. The van der Waals surface area contributed by atoms with Gasteiger partial charge in [0.2, 0.25) is 12.7 Å². The average molecular weight is 394 g/mol. The second-order valence-electron chi connectivity index (χ2n) is 6.51. The molecule has 1 amide bonds. The van der Waals surface area contributed by atoms with Gasteiger partial charge in [0.25, 0.3) is 5.91 Å². The minimum atomic E-state index is -0.369. The van der Waals surface area contributed by atoms with E-state index in [0.717, 1.165) is 0 Å². The normalized spacial score (nSPS) is 11.9. The Labute approximate surface area is 166 Å². The van der Waals surface area contributed by atoms with Crippen molar-refractivity contribution in [2.45, 2.75) is 13.3 Å². The smallest absolute Gasteiger partial charge is 0.274 e. The molecule has 1 aliphatic rings. The highest BCUT2D eigenvalue weighted by Gasteiger charge is 2.16. The zero-order valence-corrected chi connectivity index (χ0v) is 15.7. The van der Waals surface area contributed by atoms with Gasteiger partial charge in [0.15, 0.2) is 11.5 Å². The maximum atomic E-state index is 13.7. The van der Waals surface area contributed by atoms with Crippen LogP contribution in [-0.4, -0.2) is 29.2 Å². The number of ether oxygens (including phenoxy) is 2. The Hall–Kier alpha value is -3.68. The molecule has 3 aromatic rings. The number of carbonyl (C=O) groups is 1. The molecule has 29 heavy (non-hydrogen) atoms. The van der Waals surface area contributed by atoms with E-state index in [-0.39, 0.29) is 24.2 Å². The van der Waals surface area contributed by atoms with E-state index in [2.05, 4.69) is 20.6 Å². The van der Waals surface area contributed by atoms with Crippen molar-refractivity contribution in [2.75, 3.05) is 24.0 Å². The van der Waals surface area contributed by atoms with Gasteiger partial charge in [-0.2, -0.15) is 0 Å². The molecule has 0 aliphatic carbocycles. The molecule has 148 valence electrons. The highest BCUT2D eigenvalue weighted by atomic mass is 19.1. The monoisotopic (exact) mass is 394 g/mol. The fraction of sp³-hybridized carbons (Fsp3) is 0.190. The van der Waals surface area contributed by atoms with Crippen molar-refractivity contribution in [3.63, 3.8) is 0 Å². The van der Waals surface area contributed by atoms with E-state index in [9.17, 15) is 9.18 Å². The third kappa shape index (κ3) is 4.43. The number of halogens is 1. The number of rotatable bonds is 6. The van der Waals surface area contributed by atoms with Crippen molar-refractivity contribution in [2.24, 2.45) is 0 Å². The number of fused-ring (bicyclic) bond motifs is 1. The highest BCUT2D eigenvalue weighted by Crippen LogP contribution is 2.34. The van der Waals surface area contributed by atoms with Gasteiger partial charge in [0.1, 0.15) is 11.5 Å². The summed E-state index contributed by atoms with van der Waals surface area (Å²) >= 11 is 0. The summed E-state index contributed by atoms with van der Waals surface area (Å²) in [5.41, 5.74) is 2.05. The van der Waals surface area contributed by atoms with Crippen LogP contribution in [0, 0.1) is 12.7 Å². The molecule has 0 unspecified atom stereocenters. The van der Waals surface area contributed by atoms with Gasteiger partial charge in [0, 0.05) is 24.0 Å². The first kappa shape index (κ1) is 18.7. The summed E-state index contributed by atoms with van der Waals surface area (Å²) in [5, 5.41) is 5.84. The van der Waals surface area contributed by atoms with Crippen LogP contribution in [0.2, 0.25) is 0 Å². The number of benzene rings is 2. The first-order chi connectivity index (χ1) is 14.1. The average Bonchev–Trinajstić information content (AvgIpc) is 3.17. The lowest BCUT2D eigenvalue weighted by Gasteiger charge is -2.09. The Morgan fingerprint density at radius 2 is 1.93 bits per heavy atom. The first-order valence-electron chi connectivity index (χ1n) is 9.12. The van der Waals surface area contributed by atoms with Crippen LogP contribution >= 0.6 is 0 Å². The third-order valence-corrected chi connectivity index (χ3v) is 4.35. The standard InChI is InChI=1S/C21H19FN4O3/c1-13-10-17(20(27)25-15-6-7-18-19(11-15)29-12-28-18)26-21(24-13)23-9-8-14-4-2-3-5-16(14)22/h2-7,10-11H,8-9,12H2,1H3,(H,25,27)(H,23,24,26). The van der Waals surface area contributed by atoms with E-state index in [1.165, 1.54) is 6.07 Å². The van der Waals surface area contributed by atoms with Crippen LogP contribution in [0.25, 0.3) is 0 Å². The van der Waals surface area contributed by atoms with Gasteiger partial charge in [-0.1, -0.05) is 18.2 Å². The molecule has 2 heterocycles. The van der Waals surface area contributed by atoms with Crippen LogP contribution in [0.1, 0.15) is 21.7 Å². The summed E-state index contributed by atoms with van der Waals surface area (Å²) in [5.74, 6) is 0.923. The fourth-order valence-electron chi connectivity index (χ4n) is 2.94. The quantitative estimate of drug-likeness (QED) is 0.665. The first-order valence-corrected chi connectivity index (χ1v) is 9.12. The number of hydrogen-bond donors (Lipinski definition) is 2. The van der Waals surface area contributed by atoms with Crippen molar-refractivity contribution >= 4 is 17.5 Å². The maximum absolute atomic E-state index is 13.7. The number of hydrogen-bond acceptors (Lipinski definition) is 6. The predicted octanol–water partition coefficient (Wildman–Crippen LogP) is 3.56. The molecule has 2 aromatic carbocycles. The maximum Gasteiger partial charge on any atom is 0.274 e. The van der Waals surface area contributed by atoms with E-state index in [4.69, 9.17) is 9.47 Å². The number of nitrogens with one attached hydrogen (secondary N) is 2. The van der Waals surface area contributed by atoms with Crippen molar-refractivity contribution in [3.05, 3.63) is 71.3 Å². The summed E-state index contributed by atoms with van der Waals surface area (Å²) < 4.78 is 24.3. The molecular formula is C21H19FN4O3. The summed E-state index contributed by atoms with van der Waals surface area (Å²) in [7, 11) is 0. The van der Waals surface area contributed by atoms with Gasteiger partial charge in [-0.05, 0) is 43.2 Å². The summed E-state index contributed by atoms with van der Waals surface area (Å²) in [4.78, 5) is 21.2. The number of anilines is 2. The van der Waals surface area contributed by atoms with Crippen molar-refractivity contribution < 1.29 is 18.7 Å². The van der Waals surface area contributed by atoms with Crippen LogP contribution in [-0.2, 0) is 6.42 Å². The molecule has 0 saturated heterocycles. The molecule has 2 N–H and O–H groups in total. The molecule has 1 aliphatic heterocycles. The van der Waals surface area contributed by atoms with E-state index in [1.807, 2.05) is 0 Å². The number of nitrogens with zero attached hydrogens (tertiary/aromatic N) is 2. The Balaban J connectivity index is 1.42. The molecule has 1 aromatic heterocycles. The Kier molecular flexibility index (Phi) is 5.24. The van der Waals surface area contributed by atoms with E-state index >= 15 is 0 Å². The molecular weight excluding hydrogens is 375 g/mol. The molecule has 0 spiro atoms. The number of aromatic nitrogens is 2. The molecule has 0 atom stereocenters. The van der Waals surface area contributed by atoms with E-state index in [0.29, 0.717) is 47.4 Å². The van der Waals surface area contributed by atoms with Gasteiger partial charge >= 0.3 is 0 Å². The van der Waals surface area contributed by atoms with Crippen LogP contribution in [0.15, 0.2) is 48.5 Å². The fourth-order valence-corrected chi connectivity index (χ4v) is 2.94. The zero-order valence-electron chi connectivity index (χ0n) is 15.7. The SMILES string of the molecule is Cc1cc(C(=O)Nc2ccc3c(c2)OCO3)nc(NCCc2ccccc2F)n1. The molecule has 0 saturated carbocycles. The summed E-state index contributed by atoms with van der Waals surface area (Å²) in [6.07, 6.45) is 0.475. The Morgan fingerprint density at radius 3 is 2.79 bits per heavy atom. The number of aryl methyl sites for hydroxylation is 1. The summed E-state index contributed by atoms with van der Waals surface area (Å²) in [6.45, 7) is 2.38. The van der Waals surface area contributed by atoms with Gasteiger partial charge < -0.3 is 20.1 Å². The predicted molar refractivity (Wildman–Crippen MR) is 106 cm³/mol. The summed E-state index contributed by atoms with van der Waals surface area (Å²) in [6, 6.07) is 13.4. The second kappa shape index (κ2) is 8.14. The van der Waals surface area contributed by atoms with E-state index < -0.39 is 0 Å². The van der Waals surface area contributed by atoms with E-state index in [1.54, 1.807) is 49.4 Å². The topological polar surface area (TPSA) is 85.4 Å². The van der Waals surface area contributed by atoms with Crippen molar-refractivity contribution in [1.82, 2.24) is 9.97 Å². The van der Waals surface area contributed by atoms with Crippen molar-refractivity contribution in [3.8, 4) is 11.5 Å². The number of carbonyl (C=O) groups excluding carboxylic acids is 1. The lowest BCUT2D eigenvalue weighted by molar-refractivity contribution is 0.102. The van der Waals surface area contributed by atoms with Crippen LogP contribution < -0.4 is 20.1 Å². The van der Waals surface area contributed by atoms with Gasteiger partial charge in [0.05, 0.1) is 0 Å². The van der Waals surface area contributed by atoms with Crippen LogP contribution in [0.5, 0.6) is 11.5 Å². The van der Waals surface area contributed by atoms with Crippen molar-refractivity contribution in [1.29, 1.82) is 0 Å². The molecule has 7 nitrogen and oxygen atoms in total. The van der Waals surface area contributed by atoms with Crippen LogP contribution in [0.3, 0.4) is 0 Å². The lowest BCUT2D eigenvalue weighted by Crippen LogP contribution is -2.17. The minimum absolute atomic E-state index is 0.166. The van der Waals surface area contributed by atoms with Gasteiger partial charge in [-0.25, -0.2) is 14.4 Å². The largest absolute Gasteiger partial charge is 0.454 e. The molecule has 0 fully saturated rings. The molecule has 0 bridgehead atoms. The molecule has 4 rings (SSSR count). The van der Waals surface area contributed by atoms with Gasteiger partial charge in [-0.3, -0.25) is 4.79 Å². The molecule has 8 heteroatoms. The third-order valence-electron chi connectivity index (χ3n) is 4.35. The minimum Gasteiger partial charge on any atom is -0.454 e.